The van der Waals surface area contributed by atoms with Gasteiger partial charge in [0.05, 0.1) is 0 Å². The largest absolute Gasteiger partial charge is 0.480 e. The maximum absolute atomic E-state index is 11.7. The predicted octanol–water partition coefficient (Wildman–Crippen LogP) is 1.37. The number of carboxylic acid groups (broad SMARTS) is 1. The number of esters is 1. The van der Waals surface area contributed by atoms with Gasteiger partial charge in [0.25, 0.3) is 0 Å². The summed E-state index contributed by atoms with van der Waals surface area (Å²) >= 11 is 0. The van der Waals surface area contributed by atoms with Crippen molar-refractivity contribution in [1.29, 1.82) is 0 Å². The lowest BCUT2D eigenvalue weighted by atomic mass is 10.1. The van der Waals surface area contributed by atoms with Crippen molar-refractivity contribution >= 4 is 11.9 Å². The summed E-state index contributed by atoms with van der Waals surface area (Å²) in [5, 5.41) is 11.6. The van der Waals surface area contributed by atoms with E-state index >= 15 is 0 Å². The van der Waals surface area contributed by atoms with Crippen LogP contribution in [0.5, 0.6) is 0 Å². The van der Waals surface area contributed by atoms with Crippen LogP contribution in [0, 0.1) is 0 Å². The van der Waals surface area contributed by atoms with Gasteiger partial charge in [-0.2, -0.15) is 0 Å². The molecule has 20 heavy (non-hydrogen) atoms. The Morgan fingerprint density at radius 1 is 1.30 bits per heavy atom. The Morgan fingerprint density at radius 3 is 2.70 bits per heavy atom. The van der Waals surface area contributed by atoms with Gasteiger partial charge in [-0.1, -0.05) is 30.3 Å². The fourth-order valence-electron chi connectivity index (χ4n) is 2.31. The number of carbonyl (C=O) groups excluding carboxylic acids is 1. The monoisotopic (exact) mass is 277 g/mol. The summed E-state index contributed by atoms with van der Waals surface area (Å²) in [5.41, 5.74) is 1.20. The molecule has 1 heterocycles. The number of carboxylic acids is 1. The summed E-state index contributed by atoms with van der Waals surface area (Å²) in [6, 6.07) is 9.38. The molecular formula is C15H19NO4. The molecule has 1 aromatic rings. The Kier molecular flexibility index (Phi) is 5.12. The van der Waals surface area contributed by atoms with Crippen molar-refractivity contribution < 1.29 is 19.4 Å². The molecule has 2 atom stereocenters. The van der Waals surface area contributed by atoms with E-state index in [1.54, 1.807) is 0 Å². The first-order valence-electron chi connectivity index (χ1n) is 6.85. The van der Waals surface area contributed by atoms with Crippen molar-refractivity contribution in [3.63, 3.8) is 0 Å². The molecule has 108 valence electrons. The normalized spacial score (nSPS) is 21.6. The second-order valence-electron chi connectivity index (χ2n) is 4.99. The van der Waals surface area contributed by atoms with Crippen LogP contribution in [0.2, 0.25) is 0 Å². The third-order valence-electron chi connectivity index (χ3n) is 3.38. The summed E-state index contributed by atoms with van der Waals surface area (Å²) in [6.07, 6.45) is 1.98. The minimum Gasteiger partial charge on any atom is -0.480 e. The van der Waals surface area contributed by atoms with Crippen molar-refractivity contribution in [2.24, 2.45) is 0 Å². The number of ether oxygens (including phenoxy) is 1. The molecule has 2 N–H and O–H groups in total. The smallest absolute Gasteiger partial charge is 0.320 e. The van der Waals surface area contributed by atoms with Crippen LogP contribution in [-0.4, -0.2) is 35.7 Å². The third-order valence-corrected chi connectivity index (χ3v) is 3.38. The summed E-state index contributed by atoms with van der Waals surface area (Å²) in [4.78, 5) is 22.4. The van der Waals surface area contributed by atoms with Crippen LogP contribution in [0.15, 0.2) is 30.3 Å². The summed E-state index contributed by atoms with van der Waals surface area (Å²) in [5.74, 6) is -1.15. The minimum atomic E-state index is -0.896. The van der Waals surface area contributed by atoms with Crippen molar-refractivity contribution in [2.45, 2.75) is 37.8 Å². The molecule has 1 saturated heterocycles. The zero-order valence-electron chi connectivity index (χ0n) is 11.2. The molecule has 5 nitrogen and oxygen atoms in total. The van der Waals surface area contributed by atoms with Gasteiger partial charge in [0.2, 0.25) is 0 Å². The number of rotatable bonds is 6. The van der Waals surface area contributed by atoms with Gasteiger partial charge in [-0.25, -0.2) is 0 Å². The molecule has 0 amide bonds. The lowest BCUT2D eigenvalue weighted by Crippen LogP contribution is -2.30. The zero-order chi connectivity index (χ0) is 14.4. The molecule has 2 rings (SSSR count). The molecule has 0 aliphatic carbocycles. The Morgan fingerprint density at radius 2 is 2.05 bits per heavy atom. The topological polar surface area (TPSA) is 75.6 Å². The van der Waals surface area contributed by atoms with Crippen LogP contribution < -0.4 is 5.32 Å². The molecule has 0 spiro atoms. The Balaban J connectivity index is 1.65. The average molecular weight is 277 g/mol. The van der Waals surface area contributed by atoms with Gasteiger partial charge < -0.3 is 15.2 Å². The number of benzene rings is 1. The first-order valence-corrected chi connectivity index (χ1v) is 6.85. The summed E-state index contributed by atoms with van der Waals surface area (Å²) in [6.45, 7) is 0.418. The average Bonchev–Trinajstić information content (AvgIpc) is 2.88. The lowest BCUT2D eigenvalue weighted by Gasteiger charge is -2.10. The molecule has 0 saturated carbocycles. The number of aliphatic carboxylic acids is 1. The summed E-state index contributed by atoms with van der Waals surface area (Å²) < 4.78 is 5.26. The predicted molar refractivity (Wildman–Crippen MR) is 73.3 cm³/mol. The van der Waals surface area contributed by atoms with Crippen LogP contribution in [-0.2, 0) is 20.7 Å². The van der Waals surface area contributed by atoms with Crippen molar-refractivity contribution in [1.82, 2.24) is 5.32 Å². The van der Waals surface area contributed by atoms with Gasteiger partial charge in [0.15, 0.2) is 0 Å². The molecule has 0 aromatic heterocycles. The molecule has 5 heteroatoms. The van der Waals surface area contributed by atoms with Crippen LogP contribution in [0.25, 0.3) is 0 Å². The van der Waals surface area contributed by atoms with Crippen LogP contribution in [0.1, 0.15) is 24.8 Å². The quantitative estimate of drug-likeness (QED) is 0.768. The van der Waals surface area contributed by atoms with Gasteiger partial charge in [0, 0.05) is 19.4 Å². The standard InChI is InChI=1S/C15H19NO4/c17-14(8-4-7-11-5-2-1-3-6-11)20-12-9-13(15(18)19)16-10-12/h1-3,5-6,12-13,16H,4,7-10H2,(H,18,19)/t12?,13-/m0/s1. The highest BCUT2D eigenvalue weighted by Crippen LogP contribution is 2.12. The maximum atomic E-state index is 11.7. The van der Waals surface area contributed by atoms with Gasteiger partial charge >= 0.3 is 11.9 Å². The number of aryl methyl sites for hydroxylation is 1. The second kappa shape index (κ2) is 7.05. The SMILES string of the molecule is O=C(CCCc1ccccc1)OC1CN[C@H](C(=O)O)C1. The number of nitrogens with one attached hydrogen (secondary N) is 1. The van der Waals surface area contributed by atoms with Crippen molar-refractivity contribution in [2.75, 3.05) is 6.54 Å². The van der Waals surface area contributed by atoms with Crippen molar-refractivity contribution in [3.8, 4) is 0 Å². The molecular weight excluding hydrogens is 258 g/mol. The van der Waals surface area contributed by atoms with E-state index in [1.165, 1.54) is 5.56 Å². The maximum Gasteiger partial charge on any atom is 0.320 e. The number of hydrogen-bond donors (Lipinski definition) is 2. The van der Waals surface area contributed by atoms with E-state index in [4.69, 9.17) is 9.84 Å². The minimum absolute atomic E-state index is 0.251. The third kappa shape index (κ3) is 4.35. The van der Waals surface area contributed by atoms with Crippen LogP contribution in [0.4, 0.5) is 0 Å². The van der Waals surface area contributed by atoms with Crippen molar-refractivity contribution in [3.05, 3.63) is 35.9 Å². The Bertz CT molecular complexity index is 460. The highest BCUT2D eigenvalue weighted by molar-refractivity contribution is 5.74. The van der Waals surface area contributed by atoms with E-state index in [-0.39, 0.29) is 12.1 Å². The fourth-order valence-corrected chi connectivity index (χ4v) is 2.31. The van der Waals surface area contributed by atoms with Gasteiger partial charge in [0.1, 0.15) is 12.1 Å². The Hall–Kier alpha value is -1.88. The molecule has 0 radical (unpaired) electrons. The van der Waals surface area contributed by atoms with Crippen LogP contribution >= 0.6 is 0 Å². The number of carbonyl (C=O) groups is 2. The molecule has 1 aliphatic rings. The van der Waals surface area contributed by atoms with E-state index < -0.39 is 12.0 Å². The molecule has 0 bridgehead atoms. The van der Waals surface area contributed by atoms with E-state index in [0.717, 1.165) is 12.8 Å². The van der Waals surface area contributed by atoms with E-state index in [9.17, 15) is 9.59 Å². The van der Waals surface area contributed by atoms with Crippen LogP contribution in [0.3, 0.4) is 0 Å². The first kappa shape index (κ1) is 14.5. The second-order valence-corrected chi connectivity index (χ2v) is 4.99. The lowest BCUT2D eigenvalue weighted by molar-refractivity contribution is -0.149. The molecule has 1 aliphatic heterocycles. The molecule has 1 aromatic carbocycles. The summed E-state index contributed by atoms with van der Waals surface area (Å²) in [7, 11) is 0. The fraction of sp³-hybridized carbons (Fsp3) is 0.467. The molecule has 1 fully saturated rings. The van der Waals surface area contributed by atoms with E-state index in [1.807, 2.05) is 30.3 Å². The van der Waals surface area contributed by atoms with Gasteiger partial charge in [-0.05, 0) is 18.4 Å². The van der Waals surface area contributed by atoms with Gasteiger partial charge in [-0.3, -0.25) is 9.59 Å². The Labute approximate surface area is 117 Å². The highest BCUT2D eigenvalue weighted by atomic mass is 16.5. The molecule has 1 unspecified atom stereocenters. The van der Waals surface area contributed by atoms with E-state index in [2.05, 4.69) is 5.32 Å². The zero-order valence-corrected chi connectivity index (χ0v) is 11.2. The van der Waals surface area contributed by atoms with E-state index in [0.29, 0.717) is 19.4 Å². The number of hydrogen-bond acceptors (Lipinski definition) is 4. The van der Waals surface area contributed by atoms with Gasteiger partial charge in [-0.15, -0.1) is 0 Å². The highest BCUT2D eigenvalue weighted by Gasteiger charge is 2.31. The first-order chi connectivity index (χ1) is 9.65.